The van der Waals surface area contributed by atoms with E-state index in [0.29, 0.717) is 16.8 Å². The summed E-state index contributed by atoms with van der Waals surface area (Å²) in [6.07, 6.45) is 0. The minimum Gasteiger partial charge on any atom is -0.339 e. The Labute approximate surface area is 194 Å². The number of rotatable bonds is 8. The van der Waals surface area contributed by atoms with Crippen LogP contribution in [0.15, 0.2) is 48.5 Å². The van der Waals surface area contributed by atoms with Gasteiger partial charge in [0.15, 0.2) is 0 Å². The van der Waals surface area contributed by atoms with Crippen LogP contribution < -0.4 is 27.2 Å². The van der Waals surface area contributed by atoms with Crippen LogP contribution in [0.25, 0.3) is 0 Å². The Balaban J connectivity index is 0.00000544. The number of anilines is 1. The van der Waals surface area contributed by atoms with Crippen molar-refractivity contribution in [2.75, 3.05) is 18.4 Å². The first-order valence-electron chi connectivity index (χ1n) is 10.0. The standard InChI is InChI=1S/C23H27N5O4.CH4/c1-15(2)25-14-21(29)26-19-11-7-17(8-12-19)4-3-16-5-9-18(10-6-16)22(30)27-20(13-24)23(31)28-32;/h5-12,15,20,25,32H,13-14,24H2,1-2H3,(H,26,29)(H,27,30)(H,28,31);1H4/t20-;/m0./s1. The van der Waals surface area contributed by atoms with Gasteiger partial charge in [-0.2, -0.15) is 0 Å². The molecule has 0 fully saturated rings. The number of carbonyl (C=O) groups excluding carboxylic acids is 3. The van der Waals surface area contributed by atoms with Gasteiger partial charge in [-0.3, -0.25) is 19.6 Å². The zero-order valence-electron chi connectivity index (χ0n) is 17.9. The molecule has 2 aromatic carbocycles. The van der Waals surface area contributed by atoms with Crippen LogP contribution in [-0.4, -0.2) is 48.1 Å². The molecule has 2 rings (SSSR count). The van der Waals surface area contributed by atoms with Crippen LogP contribution in [-0.2, 0) is 9.59 Å². The van der Waals surface area contributed by atoms with Crippen LogP contribution in [0.1, 0.15) is 42.8 Å². The summed E-state index contributed by atoms with van der Waals surface area (Å²) in [5.74, 6) is 4.62. The monoisotopic (exact) mass is 453 g/mol. The second-order valence-electron chi connectivity index (χ2n) is 7.23. The SMILES string of the molecule is C.CC(C)NCC(=O)Nc1ccc(C#Cc2ccc(C(=O)N[C@@H](CN)C(=O)NO)cc2)cc1. The predicted octanol–water partition coefficient (Wildman–Crippen LogP) is 1.22. The largest absolute Gasteiger partial charge is 0.339 e. The molecule has 176 valence electrons. The molecular weight excluding hydrogens is 422 g/mol. The Morgan fingerprint density at radius 2 is 1.52 bits per heavy atom. The van der Waals surface area contributed by atoms with E-state index in [1.54, 1.807) is 48.5 Å². The normalized spacial score (nSPS) is 10.8. The van der Waals surface area contributed by atoms with Crippen LogP contribution in [0.3, 0.4) is 0 Å². The van der Waals surface area contributed by atoms with Crippen molar-refractivity contribution in [3.8, 4) is 11.8 Å². The van der Waals surface area contributed by atoms with E-state index in [9.17, 15) is 14.4 Å². The van der Waals surface area contributed by atoms with Gasteiger partial charge in [-0.15, -0.1) is 0 Å². The van der Waals surface area contributed by atoms with Crippen molar-refractivity contribution in [2.24, 2.45) is 5.73 Å². The minimum atomic E-state index is -1.04. The van der Waals surface area contributed by atoms with Gasteiger partial charge >= 0.3 is 0 Å². The molecule has 0 unspecified atom stereocenters. The fourth-order valence-corrected chi connectivity index (χ4v) is 2.54. The molecule has 1 atom stereocenters. The summed E-state index contributed by atoms with van der Waals surface area (Å²) in [4.78, 5) is 35.5. The number of nitrogens with one attached hydrogen (secondary N) is 4. The Morgan fingerprint density at radius 1 is 0.970 bits per heavy atom. The molecular formula is C24H31N5O4. The van der Waals surface area contributed by atoms with E-state index in [4.69, 9.17) is 10.9 Å². The summed E-state index contributed by atoms with van der Waals surface area (Å²) in [6, 6.07) is 12.9. The molecule has 7 N–H and O–H groups in total. The Hall–Kier alpha value is -3.71. The summed E-state index contributed by atoms with van der Waals surface area (Å²) in [6.45, 7) is 4.03. The second kappa shape index (κ2) is 13.6. The average Bonchev–Trinajstić information content (AvgIpc) is 2.80. The molecule has 0 saturated heterocycles. The molecule has 9 heteroatoms. The molecule has 33 heavy (non-hydrogen) atoms. The highest BCUT2D eigenvalue weighted by Gasteiger charge is 2.19. The fraction of sp³-hybridized carbons (Fsp3) is 0.292. The van der Waals surface area contributed by atoms with Crippen LogP contribution in [0.2, 0.25) is 0 Å². The number of hydrogen-bond donors (Lipinski definition) is 6. The number of carbonyl (C=O) groups is 3. The minimum absolute atomic E-state index is 0. The van der Waals surface area contributed by atoms with Crippen LogP contribution in [0.5, 0.6) is 0 Å². The smallest absolute Gasteiger partial charge is 0.267 e. The molecule has 0 radical (unpaired) electrons. The lowest BCUT2D eigenvalue weighted by Gasteiger charge is -2.14. The zero-order valence-corrected chi connectivity index (χ0v) is 17.9. The first kappa shape index (κ1) is 27.3. The van der Waals surface area contributed by atoms with Crippen LogP contribution >= 0.6 is 0 Å². The van der Waals surface area contributed by atoms with E-state index in [2.05, 4.69) is 27.8 Å². The fourth-order valence-electron chi connectivity index (χ4n) is 2.54. The van der Waals surface area contributed by atoms with Gasteiger partial charge in [0.1, 0.15) is 6.04 Å². The number of hydrogen-bond acceptors (Lipinski definition) is 6. The molecule has 0 aromatic heterocycles. The van der Waals surface area contributed by atoms with E-state index in [-0.39, 0.29) is 32.5 Å². The van der Waals surface area contributed by atoms with Gasteiger partial charge in [0.2, 0.25) is 5.91 Å². The summed E-state index contributed by atoms with van der Waals surface area (Å²) >= 11 is 0. The van der Waals surface area contributed by atoms with E-state index in [1.807, 2.05) is 13.8 Å². The van der Waals surface area contributed by atoms with Gasteiger partial charge < -0.3 is 21.7 Å². The lowest BCUT2D eigenvalue weighted by Crippen LogP contribution is -2.50. The number of amides is 3. The topological polar surface area (TPSA) is 146 Å². The Kier molecular flexibility index (Phi) is 11.3. The van der Waals surface area contributed by atoms with E-state index >= 15 is 0 Å². The number of hydroxylamine groups is 1. The van der Waals surface area contributed by atoms with Gasteiger partial charge in [-0.1, -0.05) is 33.1 Å². The maximum Gasteiger partial charge on any atom is 0.267 e. The molecule has 0 aliphatic rings. The van der Waals surface area contributed by atoms with Crippen LogP contribution in [0, 0.1) is 11.8 Å². The summed E-state index contributed by atoms with van der Waals surface area (Å²) in [7, 11) is 0. The van der Waals surface area contributed by atoms with Gasteiger partial charge in [-0.05, 0) is 48.5 Å². The number of benzene rings is 2. The third-order valence-corrected chi connectivity index (χ3v) is 4.31. The summed E-state index contributed by atoms with van der Waals surface area (Å²) in [5, 5.41) is 17.0. The van der Waals surface area contributed by atoms with E-state index in [1.165, 1.54) is 5.48 Å². The third-order valence-electron chi connectivity index (χ3n) is 4.31. The zero-order chi connectivity index (χ0) is 23.5. The lowest BCUT2D eigenvalue weighted by atomic mass is 10.1. The van der Waals surface area contributed by atoms with Gasteiger partial charge in [0, 0.05) is 35.0 Å². The van der Waals surface area contributed by atoms with Crippen molar-refractivity contribution in [1.29, 1.82) is 0 Å². The predicted molar refractivity (Wildman–Crippen MR) is 128 cm³/mol. The van der Waals surface area contributed by atoms with Gasteiger partial charge in [-0.25, -0.2) is 5.48 Å². The molecule has 0 aliphatic carbocycles. The first-order chi connectivity index (χ1) is 15.3. The van der Waals surface area contributed by atoms with Crippen molar-refractivity contribution in [3.63, 3.8) is 0 Å². The van der Waals surface area contributed by atoms with Gasteiger partial charge in [0.05, 0.1) is 6.54 Å². The lowest BCUT2D eigenvalue weighted by molar-refractivity contribution is -0.130. The summed E-state index contributed by atoms with van der Waals surface area (Å²) < 4.78 is 0. The second-order valence-corrected chi connectivity index (χ2v) is 7.23. The summed E-state index contributed by atoms with van der Waals surface area (Å²) in [5.41, 5.74) is 9.36. The number of nitrogens with two attached hydrogens (primary N) is 1. The molecule has 9 nitrogen and oxygen atoms in total. The van der Waals surface area contributed by atoms with Crippen molar-refractivity contribution < 1.29 is 19.6 Å². The maximum atomic E-state index is 12.2. The van der Waals surface area contributed by atoms with Crippen molar-refractivity contribution in [2.45, 2.75) is 33.4 Å². The molecule has 0 spiro atoms. The molecule has 0 aliphatic heterocycles. The highest BCUT2D eigenvalue weighted by Crippen LogP contribution is 2.09. The van der Waals surface area contributed by atoms with E-state index in [0.717, 1.165) is 5.56 Å². The Bertz CT molecular complexity index is 992. The molecule has 3 amide bonds. The molecule has 0 saturated carbocycles. The van der Waals surface area contributed by atoms with Gasteiger partial charge in [0.25, 0.3) is 11.8 Å². The molecule has 0 heterocycles. The van der Waals surface area contributed by atoms with Crippen LogP contribution in [0.4, 0.5) is 5.69 Å². The first-order valence-corrected chi connectivity index (χ1v) is 10.0. The van der Waals surface area contributed by atoms with Crippen molar-refractivity contribution in [3.05, 3.63) is 65.2 Å². The quantitative estimate of drug-likeness (QED) is 0.201. The highest BCUT2D eigenvalue weighted by molar-refractivity contribution is 5.97. The highest BCUT2D eigenvalue weighted by atomic mass is 16.5. The maximum absolute atomic E-state index is 12.2. The van der Waals surface area contributed by atoms with Crippen molar-refractivity contribution in [1.82, 2.24) is 16.1 Å². The molecule has 0 bridgehead atoms. The average molecular weight is 454 g/mol. The molecule has 2 aromatic rings. The van der Waals surface area contributed by atoms with E-state index < -0.39 is 17.9 Å². The van der Waals surface area contributed by atoms with Crippen molar-refractivity contribution >= 4 is 23.4 Å². The Morgan fingerprint density at radius 3 is 2.00 bits per heavy atom. The third kappa shape index (κ3) is 9.13.